The first kappa shape index (κ1) is 24.1. The van der Waals surface area contributed by atoms with E-state index in [2.05, 4.69) is 5.32 Å². The molecule has 0 spiro atoms. The van der Waals surface area contributed by atoms with Gasteiger partial charge < -0.3 is 10.1 Å². The van der Waals surface area contributed by atoms with Crippen molar-refractivity contribution in [2.24, 2.45) is 0 Å². The molecule has 1 fully saturated rings. The van der Waals surface area contributed by atoms with Gasteiger partial charge in [-0.1, -0.05) is 18.0 Å². The Morgan fingerprint density at radius 3 is 2.44 bits per heavy atom. The van der Waals surface area contributed by atoms with E-state index in [1.165, 1.54) is 17.3 Å². The number of amides is 1. The number of hydrogen-bond acceptors (Lipinski definition) is 5. The Hall–Kier alpha value is -2.56. The number of sulfonamides is 1. The third-order valence-electron chi connectivity index (χ3n) is 4.94. The molecule has 1 N–H and O–H groups in total. The first-order valence-corrected chi connectivity index (χ1v) is 11.7. The van der Waals surface area contributed by atoms with Gasteiger partial charge in [0.05, 0.1) is 16.3 Å². The van der Waals surface area contributed by atoms with Crippen LogP contribution in [-0.2, 0) is 19.6 Å². The summed E-state index contributed by atoms with van der Waals surface area (Å²) in [5, 5.41) is 2.37. The zero-order valence-corrected chi connectivity index (χ0v) is 18.7. The summed E-state index contributed by atoms with van der Waals surface area (Å²) < 4.78 is 59.3. The van der Waals surface area contributed by atoms with Crippen molar-refractivity contribution in [3.63, 3.8) is 0 Å². The van der Waals surface area contributed by atoms with Crippen LogP contribution in [0, 0.1) is 11.6 Å². The van der Waals surface area contributed by atoms with Crippen molar-refractivity contribution in [1.82, 2.24) is 4.31 Å². The molecular formula is C21H21ClF2N2O5S. The minimum atomic E-state index is -4.12. The molecule has 1 aliphatic heterocycles. The fourth-order valence-corrected chi connectivity index (χ4v) is 5.00. The van der Waals surface area contributed by atoms with E-state index in [9.17, 15) is 26.8 Å². The third kappa shape index (κ3) is 5.43. The van der Waals surface area contributed by atoms with Crippen LogP contribution >= 0.6 is 11.6 Å². The van der Waals surface area contributed by atoms with Crippen LogP contribution in [0.3, 0.4) is 0 Å². The van der Waals surface area contributed by atoms with Crippen molar-refractivity contribution in [3.05, 3.63) is 58.6 Å². The predicted octanol–water partition coefficient (Wildman–Crippen LogP) is 3.98. The van der Waals surface area contributed by atoms with Crippen molar-refractivity contribution < 1.29 is 31.5 Å². The van der Waals surface area contributed by atoms with Crippen LogP contribution in [0.1, 0.15) is 36.5 Å². The van der Waals surface area contributed by atoms with E-state index in [-0.39, 0.29) is 29.4 Å². The van der Waals surface area contributed by atoms with Crippen LogP contribution in [0.4, 0.5) is 14.5 Å². The highest BCUT2D eigenvalue weighted by Crippen LogP contribution is 2.25. The highest BCUT2D eigenvalue weighted by molar-refractivity contribution is 7.89. The molecule has 0 aromatic heterocycles. The van der Waals surface area contributed by atoms with E-state index in [1.807, 2.05) is 0 Å². The molecule has 7 nitrogen and oxygen atoms in total. The number of esters is 1. The molecule has 1 amide bonds. The zero-order valence-electron chi connectivity index (χ0n) is 17.1. The second kappa shape index (κ2) is 9.93. The van der Waals surface area contributed by atoms with Gasteiger partial charge in [0, 0.05) is 13.1 Å². The molecule has 1 heterocycles. The average Bonchev–Trinajstić information content (AvgIpc) is 2.76. The van der Waals surface area contributed by atoms with Crippen LogP contribution in [-0.4, -0.2) is 43.8 Å². The molecule has 11 heteroatoms. The van der Waals surface area contributed by atoms with Gasteiger partial charge in [-0.15, -0.1) is 0 Å². The highest BCUT2D eigenvalue weighted by atomic mass is 35.5. The van der Waals surface area contributed by atoms with Gasteiger partial charge in [-0.2, -0.15) is 4.31 Å². The van der Waals surface area contributed by atoms with E-state index in [1.54, 1.807) is 0 Å². The van der Waals surface area contributed by atoms with E-state index in [0.717, 1.165) is 36.8 Å². The van der Waals surface area contributed by atoms with Gasteiger partial charge in [-0.25, -0.2) is 22.0 Å². The normalized spacial score (nSPS) is 15.8. The highest BCUT2D eigenvalue weighted by Gasteiger charge is 2.30. The quantitative estimate of drug-likeness (QED) is 0.623. The van der Waals surface area contributed by atoms with Gasteiger partial charge in [0.25, 0.3) is 5.91 Å². The maximum absolute atomic E-state index is 14.3. The van der Waals surface area contributed by atoms with Gasteiger partial charge in [0.2, 0.25) is 10.0 Å². The van der Waals surface area contributed by atoms with E-state index in [0.29, 0.717) is 12.8 Å². The Kier molecular flexibility index (Phi) is 7.47. The lowest BCUT2D eigenvalue weighted by Gasteiger charge is -2.26. The molecule has 32 heavy (non-hydrogen) atoms. The molecule has 172 valence electrons. The predicted molar refractivity (Wildman–Crippen MR) is 114 cm³/mol. The smallest absolute Gasteiger partial charge is 0.338 e. The van der Waals surface area contributed by atoms with Gasteiger partial charge >= 0.3 is 5.97 Å². The molecular weight excluding hydrogens is 466 g/mol. The number of carbonyl (C=O) groups is 2. The number of carbonyl (C=O) groups excluding carboxylic acids is 2. The Morgan fingerprint density at radius 2 is 1.78 bits per heavy atom. The minimum Gasteiger partial charge on any atom is -0.449 e. The Labute approximate surface area is 189 Å². The van der Waals surface area contributed by atoms with Crippen molar-refractivity contribution >= 4 is 39.2 Å². The first-order valence-electron chi connectivity index (χ1n) is 9.86. The maximum Gasteiger partial charge on any atom is 0.338 e. The number of anilines is 1. The molecule has 0 saturated carbocycles. The molecule has 1 unspecified atom stereocenters. The molecule has 0 radical (unpaired) electrons. The molecule has 2 aromatic rings. The van der Waals surface area contributed by atoms with Crippen molar-refractivity contribution in [2.75, 3.05) is 18.4 Å². The summed E-state index contributed by atoms with van der Waals surface area (Å²) in [4.78, 5) is 24.2. The molecule has 3 rings (SSSR count). The third-order valence-corrected chi connectivity index (χ3v) is 7.17. The molecule has 0 aliphatic carbocycles. The number of nitrogens with one attached hydrogen (secondary N) is 1. The van der Waals surface area contributed by atoms with E-state index >= 15 is 0 Å². The summed E-state index contributed by atoms with van der Waals surface area (Å²) in [6.45, 7) is 1.85. The molecule has 1 saturated heterocycles. The number of piperidine rings is 1. The molecule has 1 atom stereocenters. The number of hydrogen-bond donors (Lipinski definition) is 1. The summed E-state index contributed by atoms with van der Waals surface area (Å²) in [6.07, 6.45) is 0.945. The Bertz CT molecular complexity index is 1140. The summed E-state index contributed by atoms with van der Waals surface area (Å²) >= 11 is 5.86. The lowest BCUT2D eigenvalue weighted by atomic mass is 10.2. The summed E-state index contributed by atoms with van der Waals surface area (Å²) in [5.41, 5.74) is -0.0980. The number of halogens is 3. The second-order valence-corrected chi connectivity index (χ2v) is 9.58. The topological polar surface area (TPSA) is 92.8 Å². The molecule has 2 aromatic carbocycles. The van der Waals surface area contributed by atoms with Crippen LogP contribution < -0.4 is 5.32 Å². The van der Waals surface area contributed by atoms with Crippen molar-refractivity contribution in [2.45, 2.75) is 37.2 Å². The SMILES string of the molecule is CC(OC(=O)c1ccc(F)c(S(=O)(=O)N2CCCCC2)c1)C(=O)Nc1ccc(F)cc1Cl. The van der Waals surface area contributed by atoms with Gasteiger partial charge in [-0.3, -0.25) is 4.79 Å². The number of benzene rings is 2. The standard InChI is InChI=1S/C21H21ClF2N2O5S/c1-13(20(27)25-18-8-6-15(23)12-16(18)22)31-21(28)14-5-7-17(24)19(11-14)32(29,30)26-9-3-2-4-10-26/h5-8,11-13H,2-4,9-10H2,1H3,(H,25,27). The zero-order chi connectivity index (χ0) is 23.5. The largest absolute Gasteiger partial charge is 0.449 e. The van der Waals surface area contributed by atoms with Gasteiger partial charge in [0.15, 0.2) is 6.10 Å². The Balaban J connectivity index is 1.73. The van der Waals surface area contributed by atoms with Crippen molar-refractivity contribution in [1.29, 1.82) is 0 Å². The van der Waals surface area contributed by atoms with Gasteiger partial charge in [0.1, 0.15) is 16.5 Å². The van der Waals surface area contributed by atoms with Crippen LogP contribution in [0.25, 0.3) is 0 Å². The molecule has 1 aliphatic rings. The second-order valence-electron chi connectivity index (χ2n) is 7.27. The van der Waals surface area contributed by atoms with Crippen LogP contribution in [0.15, 0.2) is 41.3 Å². The lowest BCUT2D eigenvalue weighted by molar-refractivity contribution is -0.123. The fraction of sp³-hybridized carbons (Fsp3) is 0.333. The monoisotopic (exact) mass is 486 g/mol. The summed E-state index contributed by atoms with van der Waals surface area (Å²) in [7, 11) is -4.12. The van der Waals surface area contributed by atoms with Crippen LogP contribution in [0.2, 0.25) is 5.02 Å². The number of ether oxygens (including phenoxy) is 1. The minimum absolute atomic E-state index is 0.0389. The maximum atomic E-state index is 14.3. The summed E-state index contributed by atoms with van der Waals surface area (Å²) in [5.74, 6) is -3.31. The molecule has 0 bridgehead atoms. The summed E-state index contributed by atoms with van der Waals surface area (Å²) in [6, 6.07) is 6.22. The van der Waals surface area contributed by atoms with Gasteiger partial charge in [-0.05, 0) is 56.2 Å². The Morgan fingerprint density at radius 1 is 1.09 bits per heavy atom. The van der Waals surface area contributed by atoms with Crippen molar-refractivity contribution in [3.8, 4) is 0 Å². The van der Waals surface area contributed by atoms with E-state index < -0.39 is 44.5 Å². The van der Waals surface area contributed by atoms with E-state index in [4.69, 9.17) is 16.3 Å². The first-order chi connectivity index (χ1) is 15.1. The lowest BCUT2D eigenvalue weighted by Crippen LogP contribution is -2.36. The number of nitrogens with zero attached hydrogens (tertiary/aromatic N) is 1. The number of rotatable bonds is 6. The average molecular weight is 487 g/mol. The fourth-order valence-electron chi connectivity index (χ4n) is 3.18. The van der Waals surface area contributed by atoms with Crippen LogP contribution in [0.5, 0.6) is 0 Å².